The highest BCUT2D eigenvalue weighted by molar-refractivity contribution is 5.90. The lowest BCUT2D eigenvalue weighted by Crippen LogP contribution is -2.51. The van der Waals surface area contributed by atoms with Crippen molar-refractivity contribution in [1.29, 1.82) is 0 Å². The van der Waals surface area contributed by atoms with Crippen molar-refractivity contribution in [1.82, 2.24) is 10.2 Å². The standard InChI is InChI=1S/C15H23N3O2/c1-4-10-17-13(19)11-18(3)14(20)15(2,16)12-8-6-5-7-9-12/h5-9H,4,10-11,16H2,1-3H3,(H,17,19). The van der Waals surface area contributed by atoms with Gasteiger partial charge in [-0.3, -0.25) is 9.59 Å². The van der Waals surface area contributed by atoms with E-state index in [0.717, 1.165) is 12.0 Å². The van der Waals surface area contributed by atoms with Crippen molar-refractivity contribution in [3.8, 4) is 0 Å². The summed E-state index contributed by atoms with van der Waals surface area (Å²) in [6.07, 6.45) is 0.863. The molecule has 3 N–H and O–H groups in total. The van der Waals surface area contributed by atoms with Crippen LogP contribution in [0.4, 0.5) is 0 Å². The Morgan fingerprint density at radius 2 is 1.90 bits per heavy atom. The molecule has 2 amide bonds. The second-order valence-electron chi connectivity index (χ2n) is 5.08. The van der Waals surface area contributed by atoms with Crippen molar-refractivity contribution in [2.75, 3.05) is 20.1 Å². The Bertz CT molecular complexity index is 457. The number of carbonyl (C=O) groups is 2. The zero-order chi connectivity index (χ0) is 15.2. The molecule has 5 heteroatoms. The van der Waals surface area contributed by atoms with Gasteiger partial charge in [0.2, 0.25) is 11.8 Å². The Balaban J connectivity index is 2.71. The van der Waals surface area contributed by atoms with Crippen LogP contribution in [-0.2, 0) is 15.1 Å². The number of likely N-dealkylation sites (N-methyl/N-ethyl adjacent to an activating group) is 1. The monoisotopic (exact) mass is 277 g/mol. The maximum absolute atomic E-state index is 12.4. The lowest BCUT2D eigenvalue weighted by molar-refractivity contribution is -0.139. The highest BCUT2D eigenvalue weighted by Crippen LogP contribution is 2.19. The molecule has 0 aliphatic rings. The van der Waals surface area contributed by atoms with E-state index in [-0.39, 0.29) is 18.4 Å². The van der Waals surface area contributed by atoms with E-state index in [2.05, 4.69) is 5.32 Å². The van der Waals surface area contributed by atoms with E-state index < -0.39 is 5.54 Å². The molecule has 1 rings (SSSR count). The molecule has 0 saturated carbocycles. The number of nitrogens with one attached hydrogen (secondary N) is 1. The van der Waals surface area contributed by atoms with Crippen LogP contribution in [-0.4, -0.2) is 36.9 Å². The van der Waals surface area contributed by atoms with Crippen molar-refractivity contribution in [2.24, 2.45) is 5.73 Å². The summed E-state index contributed by atoms with van der Waals surface area (Å²) < 4.78 is 0. The molecule has 5 nitrogen and oxygen atoms in total. The van der Waals surface area contributed by atoms with Crippen LogP contribution in [0, 0.1) is 0 Å². The molecule has 0 spiro atoms. The molecule has 0 saturated heterocycles. The maximum atomic E-state index is 12.4. The minimum atomic E-state index is -1.14. The fraction of sp³-hybridized carbons (Fsp3) is 0.467. The van der Waals surface area contributed by atoms with Crippen LogP contribution in [0.1, 0.15) is 25.8 Å². The predicted molar refractivity (Wildman–Crippen MR) is 78.9 cm³/mol. The maximum Gasteiger partial charge on any atom is 0.247 e. The van der Waals surface area contributed by atoms with Gasteiger partial charge in [0, 0.05) is 13.6 Å². The minimum absolute atomic E-state index is 0.0124. The van der Waals surface area contributed by atoms with Crippen molar-refractivity contribution in [3.05, 3.63) is 35.9 Å². The van der Waals surface area contributed by atoms with E-state index in [4.69, 9.17) is 5.73 Å². The van der Waals surface area contributed by atoms with Crippen LogP contribution in [0.2, 0.25) is 0 Å². The molecular weight excluding hydrogens is 254 g/mol. The third-order valence-corrected chi connectivity index (χ3v) is 3.12. The molecule has 1 atom stereocenters. The van der Waals surface area contributed by atoms with Crippen LogP contribution in [0.5, 0.6) is 0 Å². The van der Waals surface area contributed by atoms with Gasteiger partial charge in [-0.1, -0.05) is 37.3 Å². The molecule has 0 radical (unpaired) electrons. The fourth-order valence-corrected chi connectivity index (χ4v) is 1.91. The summed E-state index contributed by atoms with van der Waals surface area (Å²) in [6, 6.07) is 9.15. The summed E-state index contributed by atoms with van der Waals surface area (Å²) in [4.78, 5) is 25.4. The highest BCUT2D eigenvalue weighted by atomic mass is 16.2. The highest BCUT2D eigenvalue weighted by Gasteiger charge is 2.33. The van der Waals surface area contributed by atoms with Gasteiger partial charge in [0.25, 0.3) is 0 Å². The number of benzene rings is 1. The smallest absolute Gasteiger partial charge is 0.247 e. The van der Waals surface area contributed by atoms with Crippen LogP contribution in [0.25, 0.3) is 0 Å². The van der Waals surface area contributed by atoms with Crippen LogP contribution in [0.15, 0.2) is 30.3 Å². The quantitative estimate of drug-likeness (QED) is 0.809. The first kappa shape index (κ1) is 16.2. The first-order chi connectivity index (χ1) is 9.39. The molecule has 110 valence electrons. The van der Waals surface area contributed by atoms with Gasteiger partial charge < -0.3 is 16.0 Å². The van der Waals surface area contributed by atoms with Crippen LogP contribution >= 0.6 is 0 Å². The Morgan fingerprint density at radius 1 is 1.30 bits per heavy atom. The van der Waals surface area contributed by atoms with Gasteiger partial charge in [-0.2, -0.15) is 0 Å². The zero-order valence-corrected chi connectivity index (χ0v) is 12.3. The minimum Gasteiger partial charge on any atom is -0.355 e. The summed E-state index contributed by atoms with van der Waals surface area (Å²) in [5.41, 5.74) is 5.73. The van der Waals surface area contributed by atoms with Crippen molar-refractivity contribution in [3.63, 3.8) is 0 Å². The molecule has 0 heterocycles. The van der Waals surface area contributed by atoms with Gasteiger partial charge in [0.05, 0.1) is 6.54 Å². The van der Waals surface area contributed by atoms with Crippen molar-refractivity contribution in [2.45, 2.75) is 25.8 Å². The van der Waals surface area contributed by atoms with Gasteiger partial charge >= 0.3 is 0 Å². The van der Waals surface area contributed by atoms with Gasteiger partial charge in [0.15, 0.2) is 0 Å². The molecule has 20 heavy (non-hydrogen) atoms. The second-order valence-corrected chi connectivity index (χ2v) is 5.08. The van der Waals surface area contributed by atoms with Crippen molar-refractivity contribution < 1.29 is 9.59 Å². The number of nitrogens with two attached hydrogens (primary N) is 1. The first-order valence-electron chi connectivity index (χ1n) is 6.76. The summed E-state index contributed by atoms with van der Waals surface area (Å²) in [6.45, 7) is 4.25. The largest absolute Gasteiger partial charge is 0.355 e. The Hall–Kier alpha value is -1.88. The number of hydrogen-bond acceptors (Lipinski definition) is 3. The summed E-state index contributed by atoms with van der Waals surface area (Å²) in [5, 5.41) is 2.74. The number of carbonyl (C=O) groups excluding carboxylic acids is 2. The van der Waals surface area contributed by atoms with Crippen LogP contribution < -0.4 is 11.1 Å². The average molecular weight is 277 g/mol. The zero-order valence-electron chi connectivity index (χ0n) is 12.3. The second kappa shape index (κ2) is 7.05. The van der Waals surface area contributed by atoms with Gasteiger partial charge in [0.1, 0.15) is 5.54 Å². The number of rotatable bonds is 6. The van der Waals surface area contributed by atoms with E-state index in [1.165, 1.54) is 4.90 Å². The predicted octanol–water partition coefficient (Wildman–Crippen LogP) is 0.845. The fourth-order valence-electron chi connectivity index (χ4n) is 1.91. The van der Waals surface area contributed by atoms with E-state index in [9.17, 15) is 9.59 Å². The lowest BCUT2D eigenvalue weighted by atomic mass is 9.92. The number of hydrogen-bond donors (Lipinski definition) is 2. The summed E-state index contributed by atoms with van der Waals surface area (Å²) in [7, 11) is 1.59. The van der Waals surface area contributed by atoms with E-state index in [1.54, 1.807) is 14.0 Å². The SMILES string of the molecule is CCCNC(=O)CN(C)C(=O)C(C)(N)c1ccccc1. The lowest BCUT2D eigenvalue weighted by Gasteiger charge is -2.29. The molecule has 0 aliphatic heterocycles. The Kier molecular flexibility index (Phi) is 5.70. The molecule has 1 unspecified atom stereocenters. The third kappa shape index (κ3) is 4.06. The van der Waals surface area contributed by atoms with Gasteiger partial charge in [-0.25, -0.2) is 0 Å². The molecule has 0 aliphatic carbocycles. The Labute approximate surface area is 120 Å². The number of nitrogens with zero attached hydrogens (tertiary/aromatic N) is 1. The molecular formula is C15H23N3O2. The topological polar surface area (TPSA) is 75.4 Å². The normalized spacial score (nSPS) is 13.4. The molecule has 0 aromatic heterocycles. The molecule has 1 aromatic rings. The molecule has 1 aromatic carbocycles. The number of amides is 2. The van der Waals surface area contributed by atoms with E-state index >= 15 is 0 Å². The van der Waals surface area contributed by atoms with Crippen LogP contribution in [0.3, 0.4) is 0 Å². The van der Waals surface area contributed by atoms with Crippen molar-refractivity contribution >= 4 is 11.8 Å². The third-order valence-electron chi connectivity index (χ3n) is 3.12. The molecule has 0 bridgehead atoms. The van der Waals surface area contributed by atoms with Gasteiger partial charge in [-0.15, -0.1) is 0 Å². The van der Waals surface area contributed by atoms with Gasteiger partial charge in [-0.05, 0) is 18.9 Å². The summed E-state index contributed by atoms with van der Waals surface area (Å²) >= 11 is 0. The molecule has 0 fully saturated rings. The Morgan fingerprint density at radius 3 is 2.45 bits per heavy atom. The first-order valence-corrected chi connectivity index (χ1v) is 6.76. The van der Waals surface area contributed by atoms with E-state index in [1.807, 2.05) is 37.3 Å². The summed E-state index contributed by atoms with van der Waals surface area (Å²) in [5.74, 6) is -0.457. The van der Waals surface area contributed by atoms with E-state index in [0.29, 0.717) is 6.54 Å². The average Bonchev–Trinajstić information content (AvgIpc) is 2.45.